The molecule has 1 amide bonds. The summed E-state index contributed by atoms with van der Waals surface area (Å²) in [7, 11) is 0. The SMILES string of the molecule is C=CCNC(=O)CSc1nnc(N2CCOCC2)n1CC(F)(F)F. The summed E-state index contributed by atoms with van der Waals surface area (Å²) in [6, 6.07) is 0. The Morgan fingerprint density at radius 1 is 1.38 bits per heavy atom. The first-order valence-electron chi connectivity index (χ1n) is 7.24. The highest BCUT2D eigenvalue weighted by molar-refractivity contribution is 7.99. The van der Waals surface area contributed by atoms with E-state index in [0.717, 1.165) is 16.3 Å². The molecular formula is C13H18F3N5O2S. The molecule has 0 spiro atoms. The number of alkyl halides is 3. The predicted octanol–water partition coefficient (Wildman–Crippen LogP) is 1.07. The van der Waals surface area contributed by atoms with Gasteiger partial charge in [-0.25, -0.2) is 0 Å². The second kappa shape index (κ2) is 8.38. The lowest BCUT2D eigenvalue weighted by atomic mass is 10.4. The Labute approximate surface area is 141 Å². The third-order valence-electron chi connectivity index (χ3n) is 3.10. The van der Waals surface area contributed by atoms with E-state index in [1.54, 1.807) is 4.90 Å². The van der Waals surface area contributed by atoms with Crippen molar-refractivity contribution in [1.82, 2.24) is 20.1 Å². The summed E-state index contributed by atoms with van der Waals surface area (Å²) >= 11 is 0.916. The summed E-state index contributed by atoms with van der Waals surface area (Å²) in [5, 5.41) is 10.3. The van der Waals surface area contributed by atoms with Crippen LogP contribution in [0.3, 0.4) is 0 Å². The number of morpholine rings is 1. The minimum atomic E-state index is -4.41. The number of carbonyl (C=O) groups is 1. The second-order valence-electron chi connectivity index (χ2n) is 4.96. The van der Waals surface area contributed by atoms with Crippen molar-refractivity contribution in [3.05, 3.63) is 12.7 Å². The Bertz CT molecular complexity index is 572. The van der Waals surface area contributed by atoms with Gasteiger partial charge in [-0.05, 0) is 0 Å². The Kier molecular flexibility index (Phi) is 6.49. The van der Waals surface area contributed by atoms with Gasteiger partial charge < -0.3 is 15.0 Å². The van der Waals surface area contributed by atoms with Gasteiger partial charge in [-0.15, -0.1) is 16.8 Å². The first kappa shape index (κ1) is 18.6. The molecule has 1 fully saturated rings. The topological polar surface area (TPSA) is 72.3 Å². The first-order chi connectivity index (χ1) is 11.4. The maximum Gasteiger partial charge on any atom is 0.406 e. The molecule has 0 unspecified atom stereocenters. The smallest absolute Gasteiger partial charge is 0.378 e. The highest BCUT2D eigenvalue weighted by Gasteiger charge is 2.32. The van der Waals surface area contributed by atoms with Crippen LogP contribution in [0.5, 0.6) is 0 Å². The summed E-state index contributed by atoms with van der Waals surface area (Å²) in [6.45, 7) is 4.30. The van der Waals surface area contributed by atoms with Gasteiger partial charge in [-0.2, -0.15) is 13.2 Å². The van der Waals surface area contributed by atoms with Crippen LogP contribution < -0.4 is 10.2 Å². The predicted molar refractivity (Wildman–Crippen MR) is 83.0 cm³/mol. The molecule has 1 saturated heterocycles. The van der Waals surface area contributed by atoms with Crippen molar-refractivity contribution in [3.8, 4) is 0 Å². The van der Waals surface area contributed by atoms with Crippen LogP contribution >= 0.6 is 11.8 Å². The fourth-order valence-corrected chi connectivity index (χ4v) is 2.83. The van der Waals surface area contributed by atoms with E-state index in [2.05, 4.69) is 22.1 Å². The monoisotopic (exact) mass is 365 g/mol. The van der Waals surface area contributed by atoms with Crippen LogP contribution in [0.2, 0.25) is 0 Å². The zero-order chi connectivity index (χ0) is 17.6. The minimum Gasteiger partial charge on any atom is -0.378 e. The Morgan fingerprint density at radius 2 is 2.08 bits per heavy atom. The molecule has 1 aliphatic heterocycles. The molecule has 11 heteroatoms. The molecule has 2 rings (SSSR count). The van der Waals surface area contributed by atoms with E-state index in [1.807, 2.05) is 0 Å². The van der Waals surface area contributed by atoms with Gasteiger partial charge in [-0.1, -0.05) is 17.8 Å². The van der Waals surface area contributed by atoms with E-state index in [4.69, 9.17) is 4.74 Å². The number of carbonyl (C=O) groups excluding carboxylic acids is 1. The lowest BCUT2D eigenvalue weighted by molar-refractivity contribution is -0.141. The molecule has 0 aliphatic carbocycles. The number of halogens is 3. The van der Waals surface area contributed by atoms with Gasteiger partial charge in [0, 0.05) is 19.6 Å². The van der Waals surface area contributed by atoms with Crippen molar-refractivity contribution < 1.29 is 22.7 Å². The minimum absolute atomic E-state index is 0.0487. The van der Waals surface area contributed by atoms with Crippen molar-refractivity contribution in [2.45, 2.75) is 17.9 Å². The third-order valence-corrected chi connectivity index (χ3v) is 4.07. The van der Waals surface area contributed by atoms with Crippen LogP contribution in [0.4, 0.5) is 19.1 Å². The molecule has 0 aromatic carbocycles. The lowest BCUT2D eigenvalue weighted by Gasteiger charge is -2.28. The molecule has 1 aromatic rings. The molecule has 0 saturated carbocycles. The molecule has 2 heterocycles. The molecule has 0 radical (unpaired) electrons. The zero-order valence-electron chi connectivity index (χ0n) is 12.9. The Hall–Kier alpha value is -1.75. The van der Waals surface area contributed by atoms with Gasteiger partial charge in [0.25, 0.3) is 0 Å². The molecule has 0 atom stereocenters. The number of rotatable bonds is 7. The average molecular weight is 365 g/mol. The van der Waals surface area contributed by atoms with Gasteiger partial charge in [0.05, 0.1) is 19.0 Å². The van der Waals surface area contributed by atoms with E-state index in [9.17, 15) is 18.0 Å². The summed E-state index contributed by atoms with van der Waals surface area (Å²) in [4.78, 5) is 13.3. The molecule has 1 N–H and O–H groups in total. The highest BCUT2D eigenvalue weighted by Crippen LogP contribution is 2.27. The Balaban J connectivity index is 2.12. The fourth-order valence-electron chi connectivity index (χ4n) is 2.07. The van der Waals surface area contributed by atoms with Gasteiger partial charge in [0.2, 0.25) is 11.9 Å². The van der Waals surface area contributed by atoms with Gasteiger partial charge in [0.1, 0.15) is 6.54 Å². The molecule has 24 heavy (non-hydrogen) atoms. The van der Waals surface area contributed by atoms with Gasteiger partial charge >= 0.3 is 6.18 Å². The molecule has 7 nitrogen and oxygen atoms in total. The number of hydrogen-bond acceptors (Lipinski definition) is 6. The average Bonchev–Trinajstić information content (AvgIpc) is 2.92. The van der Waals surface area contributed by atoms with Crippen LogP contribution in [-0.4, -0.2) is 65.4 Å². The van der Waals surface area contributed by atoms with Gasteiger partial charge in [-0.3, -0.25) is 9.36 Å². The summed E-state index contributed by atoms with van der Waals surface area (Å²) in [5.41, 5.74) is 0. The molecule has 134 valence electrons. The lowest BCUT2D eigenvalue weighted by Crippen LogP contribution is -2.38. The van der Waals surface area contributed by atoms with Crippen LogP contribution in [0.15, 0.2) is 17.8 Å². The normalized spacial score (nSPS) is 15.4. The number of aromatic nitrogens is 3. The van der Waals surface area contributed by atoms with Crippen LogP contribution in [-0.2, 0) is 16.1 Å². The number of thioether (sulfide) groups is 1. The maximum atomic E-state index is 12.9. The Morgan fingerprint density at radius 3 is 2.71 bits per heavy atom. The number of nitrogens with one attached hydrogen (secondary N) is 1. The van der Waals surface area contributed by atoms with Crippen molar-refractivity contribution in [2.24, 2.45) is 0 Å². The largest absolute Gasteiger partial charge is 0.406 e. The van der Waals surface area contributed by atoms with Crippen LogP contribution in [0.25, 0.3) is 0 Å². The highest BCUT2D eigenvalue weighted by atomic mass is 32.2. The molecule has 1 aliphatic rings. The molecule has 0 bridgehead atoms. The fraction of sp³-hybridized carbons (Fsp3) is 0.615. The van der Waals surface area contributed by atoms with Crippen molar-refractivity contribution in [2.75, 3.05) is 43.5 Å². The summed E-state index contributed by atoms with van der Waals surface area (Å²) in [5.74, 6) is -0.216. The van der Waals surface area contributed by atoms with E-state index < -0.39 is 12.7 Å². The number of hydrogen-bond donors (Lipinski definition) is 1. The van der Waals surface area contributed by atoms with E-state index >= 15 is 0 Å². The summed E-state index contributed by atoms with van der Waals surface area (Å²) in [6.07, 6.45) is -2.89. The first-order valence-corrected chi connectivity index (χ1v) is 8.22. The number of ether oxygens (including phenoxy) is 1. The van der Waals surface area contributed by atoms with Crippen LogP contribution in [0, 0.1) is 0 Å². The standard InChI is InChI=1S/C13H18F3N5O2S/c1-2-3-17-10(22)8-24-12-19-18-11(20-4-6-23-7-5-20)21(12)9-13(14,15)16/h2H,1,3-9H2,(H,17,22). The molecule has 1 aromatic heterocycles. The quantitative estimate of drug-likeness (QED) is 0.576. The van der Waals surface area contributed by atoms with Gasteiger partial charge in [0.15, 0.2) is 5.16 Å². The van der Waals surface area contributed by atoms with Crippen molar-refractivity contribution in [3.63, 3.8) is 0 Å². The summed E-state index contributed by atoms with van der Waals surface area (Å²) < 4.78 is 44.9. The van der Waals surface area contributed by atoms with E-state index in [-0.39, 0.29) is 22.8 Å². The zero-order valence-corrected chi connectivity index (χ0v) is 13.7. The van der Waals surface area contributed by atoms with E-state index in [1.165, 1.54) is 6.08 Å². The second-order valence-corrected chi connectivity index (χ2v) is 5.91. The molecular weight excluding hydrogens is 347 g/mol. The van der Waals surface area contributed by atoms with Crippen molar-refractivity contribution in [1.29, 1.82) is 0 Å². The number of anilines is 1. The van der Waals surface area contributed by atoms with Crippen LogP contribution in [0.1, 0.15) is 0 Å². The number of amides is 1. The maximum absolute atomic E-state index is 12.9. The van der Waals surface area contributed by atoms with E-state index in [0.29, 0.717) is 32.8 Å². The third kappa shape index (κ3) is 5.41. The number of nitrogens with zero attached hydrogens (tertiary/aromatic N) is 4. The van der Waals surface area contributed by atoms with Crippen molar-refractivity contribution >= 4 is 23.6 Å².